The molecule has 2 nitrogen and oxygen atoms in total. The topological polar surface area (TPSA) is 20.3 Å². The lowest BCUT2D eigenvalue weighted by molar-refractivity contribution is -0.136. The molecule has 0 heterocycles. The molecule has 19 heavy (non-hydrogen) atoms. The maximum atomic E-state index is 12.8. The summed E-state index contributed by atoms with van der Waals surface area (Å²) in [5.74, 6) is 0.322. The van der Waals surface area contributed by atoms with Crippen molar-refractivity contribution in [3.8, 4) is 0 Å². The lowest BCUT2D eigenvalue weighted by Gasteiger charge is -2.27. The van der Waals surface area contributed by atoms with E-state index in [-0.39, 0.29) is 10.8 Å². The summed E-state index contributed by atoms with van der Waals surface area (Å²) in [7, 11) is 0. The average molecular weight is 259 g/mol. The van der Waals surface area contributed by atoms with Gasteiger partial charge in [0.15, 0.2) is 0 Å². The lowest BCUT2D eigenvalue weighted by Crippen LogP contribution is -2.39. The molecule has 1 aromatic rings. The zero-order valence-corrected chi connectivity index (χ0v) is 12.6. The Kier molecular flexibility index (Phi) is 3.71. The van der Waals surface area contributed by atoms with Crippen molar-refractivity contribution in [2.75, 3.05) is 13.1 Å². The van der Waals surface area contributed by atoms with Gasteiger partial charge in [-0.05, 0) is 39.2 Å². The average Bonchev–Trinajstić information content (AvgIpc) is 3.09. The van der Waals surface area contributed by atoms with Crippen molar-refractivity contribution in [1.82, 2.24) is 4.90 Å². The van der Waals surface area contributed by atoms with E-state index in [1.807, 2.05) is 11.0 Å². The third-order valence-corrected chi connectivity index (χ3v) is 5.04. The molecular formula is C17H25NO. The maximum Gasteiger partial charge on any atom is 0.229 e. The largest absolute Gasteiger partial charge is 0.343 e. The van der Waals surface area contributed by atoms with Gasteiger partial charge in [0.05, 0.1) is 5.41 Å². The summed E-state index contributed by atoms with van der Waals surface area (Å²) in [4.78, 5) is 14.7. The normalized spacial score (nSPS) is 29.1. The molecule has 1 aliphatic carbocycles. The monoisotopic (exact) mass is 259 g/mol. The molecule has 0 N–H and O–H groups in total. The second-order valence-electron chi connectivity index (χ2n) is 5.79. The highest BCUT2D eigenvalue weighted by molar-refractivity contribution is 5.88. The third kappa shape index (κ3) is 1.98. The predicted octanol–water partition coefficient (Wildman–Crippen LogP) is 3.61. The van der Waals surface area contributed by atoms with Crippen LogP contribution in [0.1, 0.15) is 46.1 Å². The van der Waals surface area contributed by atoms with Gasteiger partial charge in [-0.3, -0.25) is 4.79 Å². The number of nitrogens with zero attached hydrogens (tertiary/aromatic N) is 1. The fourth-order valence-electron chi connectivity index (χ4n) is 3.60. The first-order valence-corrected chi connectivity index (χ1v) is 7.40. The highest BCUT2D eigenvalue weighted by atomic mass is 16.2. The quantitative estimate of drug-likeness (QED) is 0.791. The molecule has 2 atom stereocenters. The Labute approximate surface area is 116 Å². The molecule has 1 amide bonds. The van der Waals surface area contributed by atoms with Gasteiger partial charge in [-0.1, -0.05) is 37.3 Å². The minimum Gasteiger partial charge on any atom is -0.343 e. The Morgan fingerprint density at radius 1 is 1.16 bits per heavy atom. The van der Waals surface area contributed by atoms with E-state index < -0.39 is 0 Å². The lowest BCUT2D eigenvalue weighted by atomic mass is 9.84. The molecule has 0 saturated heterocycles. The van der Waals surface area contributed by atoms with Crippen molar-refractivity contribution >= 4 is 5.91 Å². The highest BCUT2D eigenvalue weighted by Crippen LogP contribution is 2.67. The molecule has 0 bridgehead atoms. The number of amides is 1. The molecule has 1 fully saturated rings. The maximum absolute atomic E-state index is 12.8. The van der Waals surface area contributed by atoms with Crippen LogP contribution in [0.5, 0.6) is 0 Å². The van der Waals surface area contributed by atoms with E-state index >= 15 is 0 Å². The Morgan fingerprint density at radius 2 is 1.74 bits per heavy atom. The molecule has 2 heteroatoms. The number of hydrogen-bond donors (Lipinski definition) is 0. The standard InChI is InChI=1S/C17H25NO/c1-5-17(14-11-9-8-10-12-14)13-16(17,4)15(19)18(6-2)7-3/h8-12H,5-7,13H2,1-4H3/t16-,17-/m1/s1. The van der Waals surface area contributed by atoms with E-state index in [2.05, 4.69) is 52.0 Å². The van der Waals surface area contributed by atoms with Crippen LogP contribution in [0.15, 0.2) is 30.3 Å². The summed E-state index contributed by atoms with van der Waals surface area (Å²) in [5.41, 5.74) is 1.16. The van der Waals surface area contributed by atoms with E-state index in [0.29, 0.717) is 5.91 Å². The Balaban J connectivity index is 2.31. The van der Waals surface area contributed by atoms with E-state index in [0.717, 1.165) is 25.9 Å². The van der Waals surface area contributed by atoms with Gasteiger partial charge in [0.25, 0.3) is 0 Å². The number of carbonyl (C=O) groups is 1. The smallest absolute Gasteiger partial charge is 0.229 e. The van der Waals surface area contributed by atoms with Gasteiger partial charge < -0.3 is 4.90 Å². The zero-order valence-electron chi connectivity index (χ0n) is 12.6. The number of benzene rings is 1. The number of rotatable bonds is 5. The summed E-state index contributed by atoms with van der Waals surface area (Å²) >= 11 is 0. The summed E-state index contributed by atoms with van der Waals surface area (Å²) in [5, 5.41) is 0. The first-order valence-electron chi connectivity index (χ1n) is 7.40. The first-order chi connectivity index (χ1) is 9.05. The Bertz CT molecular complexity index is 452. The molecule has 1 saturated carbocycles. The van der Waals surface area contributed by atoms with Gasteiger partial charge in [0, 0.05) is 18.5 Å². The third-order valence-electron chi connectivity index (χ3n) is 5.04. The van der Waals surface area contributed by atoms with Crippen molar-refractivity contribution in [3.05, 3.63) is 35.9 Å². The predicted molar refractivity (Wildman–Crippen MR) is 79.1 cm³/mol. The van der Waals surface area contributed by atoms with Gasteiger partial charge in [-0.2, -0.15) is 0 Å². The zero-order chi connectivity index (χ0) is 14.1. The van der Waals surface area contributed by atoms with Crippen LogP contribution in [-0.2, 0) is 10.2 Å². The van der Waals surface area contributed by atoms with Crippen molar-refractivity contribution < 1.29 is 4.79 Å². The fraction of sp³-hybridized carbons (Fsp3) is 0.588. The van der Waals surface area contributed by atoms with E-state index in [9.17, 15) is 4.79 Å². The molecule has 0 aromatic heterocycles. The van der Waals surface area contributed by atoms with Gasteiger partial charge in [-0.15, -0.1) is 0 Å². The van der Waals surface area contributed by atoms with E-state index in [1.165, 1.54) is 5.56 Å². The molecule has 0 unspecified atom stereocenters. The van der Waals surface area contributed by atoms with Crippen molar-refractivity contribution in [2.24, 2.45) is 5.41 Å². The van der Waals surface area contributed by atoms with Crippen molar-refractivity contribution in [2.45, 2.75) is 46.0 Å². The molecule has 2 rings (SSSR count). The van der Waals surface area contributed by atoms with E-state index in [4.69, 9.17) is 0 Å². The summed E-state index contributed by atoms with van der Waals surface area (Å²) < 4.78 is 0. The summed E-state index contributed by atoms with van der Waals surface area (Å²) in [6.07, 6.45) is 2.01. The second-order valence-corrected chi connectivity index (χ2v) is 5.79. The van der Waals surface area contributed by atoms with Crippen LogP contribution in [0, 0.1) is 5.41 Å². The van der Waals surface area contributed by atoms with Crippen LogP contribution in [0.3, 0.4) is 0 Å². The molecule has 0 radical (unpaired) electrons. The summed E-state index contributed by atoms with van der Waals surface area (Å²) in [6, 6.07) is 10.5. The molecule has 0 spiro atoms. The van der Waals surface area contributed by atoms with Crippen molar-refractivity contribution in [3.63, 3.8) is 0 Å². The number of hydrogen-bond acceptors (Lipinski definition) is 1. The fourth-order valence-corrected chi connectivity index (χ4v) is 3.60. The van der Waals surface area contributed by atoms with Crippen LogP contribution in [0.2, 0.25) is 0 Å². The van der Waals surface area contributed by atoms with Gasteiger partial charge >= 0.3 is 0 Å². The molecule has 1 aromatic carbocycles. The highest BCUT2D eigenvalue weighted by Gasteiger charge is 2.68. The minimum absolute atomic E-state index is 0.0495. The SMILES string of the molecule is CCN(CC)C(=O)[C@@]1(C)C[C@]1(CC)c1ccccc1. The molecule has 104 valence electrons. The molecule has 0 aliphatic heterocycles. The summed E-state index contributed by atoms with van der Waals surface area (Å²) in [6.45, 7) is 10.1. The molecular weight excluding hydrogens is 234 g/mol. The van der Waals surface area contributed by atoms with Crippen LogP contribution >= 0.6 is 0 Å². The van der Waals surface area contributed by atoms with Crippen LogP contribution < -0.4 is 0 Å². The van der Waals surface area contributed by atoms with Gasteiger partial charge in [0.1, 0.15) is 0 Å². The van der Waals surface area contributed by atoms with Gasteiger partial charge in [0.2, 0.25) is 5.91 Å². The van der Waals surface area contributed by atoms with Gasteiger partial charge in [-0.25, -0.2) is 0 Å². The van der Waals surface area contributed by atoms with Crippen LogP contribution in [-0.4, -0.2) is 23.9 Å². The van der Waals surface area contributed by atoms with Crippen LogP contribution in [0.4, 0.5) is 0 Å². The van der Waals surface area contributed by atoms with Crippen molar-refractivity contribution in [1.29, 1.82) is 0 Å². The second kappa shape index (κ2) is 4.99. The number of carbonyl (C=O) groups excluding carboxylic acids is 1. The molecule has 1 aliphatic rings. The minimum atomic E-state index is -0.213. The first kappa shape index (κ1) is 14.1. The Hall–Kier alpha value is -1.31. The Morgan fingerprint density at radius 3 is 2.21 bits per heavy atom. The van der Waals surface area contributed by atoms with E-state index in [1.54, 1.807) is 0 Å². The van der Waals surface area contributed by atoms with Crippen LogP contribution in [0.25, 0.3) is 0 Å².